The first-order valence-electron chi connectivity index (χ1n) is 6.54. The van der Waals surface area contributed by atoms with Crippen molar-refractivity contribution in [3.63, 3.8) is 0 Å². The summed E-state index contributed by atoms with van der Waals surface area (Å²) in [4.78, 5) is 5.84. The Balaban J connectivity index is 1.93. The van der Waals surface area contributed by atoms with E-state index in [-0.39, 0.29) is 6.04 Å². The quantitative estimate of drug-likeness (QED) is 0.571. The summed E-state index contributed by atoms with van der Waals surface area (Å²) in [5.41, 5.74) is 5.94. The maximum absolute atomic E-state index is 5.73. The highest BCUT2D eigenvalue weighted by Gasteiger charge is 2.18. The lowest BCUT2D eigenvalue weighted by atomic mass is 10.0. The van der Waals surface area contributed by atoms with Gasteiger partial charge in [-0.1, -0.05) is 18.2 Å². The number of aromatic nitrogens is 1. The predicted octanol–water partition coefficient (Wildman–Crippen LogP) is 3.25. The summed E-state index contributed by atoms with van der Waals surface area (Å²) >= 11 is 1.72. The first-order chi connectivity index (χ1) is 9.69. The highest BCUT2D eigenvalue weighted by molar-refractivity contribution is 7.11. The van der Waals surface area contributed by atoms with Crippen LogP contribution in [0.25, 0.3) is 11.0 Å². The van der Waals surface area contributed by atoms with Crippen molar-refractivity contribution in [1.82, 2.24) is 10.4 Å². The Morgan fingerprint density at radius 3 is 2.85 bits per heavy atom. The van der Waals surface area contributed by atoms with Crippen LogP contribution in [0.15, 0.2) is 34.9 Å². The molecule has 1 unspecified atom stereocenters. The Morgan fingerprint density at radius 2 is 2.15 bits per heavy atom. The number of aryl methyl sites for hydroxylation is 2. The number of hydrazine groups is 1. The van der Waals surface area contributed by atoms with Crippen molar-refractivity contribution in [2.24, 2.45) is 5.84 Å². The summed E-state index contributed by atoms with van der Waals surface area (Å²) in [7, 11) is 0. The highest BCUT2D eigenvalue weighted by atomic mass is 32.1. The molecule has 0 saturated heterocycles. The van der Waals surface area contributed by atoms with E-state index in [1.54, 1.807) is 17.6 Å². The minimum Gasteiger partial charge on any atom is -0.464 e. The molecular formula is C15H17N3OS. The van der Waals surface area contributed by atoms with Crippen LogP contribution in [0.5, 0.6) is 0 Å². The molecule has 2 aromatic heterocycles. The molecule has 1 aromatic carbocycles. The third-order valence-corrected chi connectivity index (χ3v) is 4.63. The van der Waals surface area contributed by atoms with E-state index in [9.17, 15) is 0 Å². The molecule has 104 valence electrons. The van der Waals surface area contributed by atoms with Gasteiger partial charge >= 0.3 is 0 Å². The second kappa shape index (κ2) is 5.36. The Morgan fingerprint density at radius 1 is 1.35 bits per heavy atom. The number of rotatable bonds is 4. The standard InChI is InChI=1S/C15H17N3OS/c1-9-10(2)20-15(17-9)7-13(18-16)12-8-19-14-6-4-3-5-11(12)14/h3-6,8,13,18H,7,16H2,1-2H3. The molecule has 0 bridgehead atoms. The van der Waals surface area contributed by atoms with Gasteiger partial charge in [0, 0.05) is 22.2 Å². The fourth-order valence-electron chi connectivity index (χ4n) is 2.33. The number of benzene rings is 1. The molecule has 2 heterocycles. The number of thiazole rings is 1. The van der Waals surface area contributed by atoms with Gasteiger partial charge in [-0.3, -0.25) is 11.3 Å². The second-order valence-corrected chi connectivity index (χ2v) is 6.15. The SMILES string of the molecule is Cc1nc(CC(NN)c2coc3ccccc23)sc1C. The molecular weight excluding hydrogens is 270 g/mol. The van der Waals surface area contributed by atoms with E-state index in [0.29, 0.717) is 0 Å². The number of hydrogen-bond donors (Lipinski definition) is 2. The van der Waals surface area contributed by atoms with Gasteiger partial charge in [0.1, 0.15) is 5.58 Å². The molecule has 4 nitrogen and oxygen atoms in total. The zero-order chi connectivity index (χ0) is 14.1. The van der Waals surface area contributed by atoms with Gasteiger partial charge in [-0.15, -0.1) is 11.3 Å². The Labute approximate surface area is 121 Å². The van der Waals surface area contributed by atoms with Crippen LogP contribution in [0.2, 0.25) is 0 Å². The lowest BCUT2D eigenvalue weighted by Gasteiger charge is -2.13. The first-order valence-corrected chi connectivity index (χ1v) is 7.36. The van der Waals surface area contributed by atoms with E-state index in [1.165, 1.54) is 4.88 Å². The Hall–Kier alpha value is -1.69. The van der Waals surface area contributed by atoms with E-state index in [2.05, 4.69) is 23.4 Å². The fraction of sp³-hybridized carbons (Fsp3) is 0.267. The van der Waals surface area contributed by atoms with Gasteiger partial charge in [-0.25, -0.2) is 4.98 Å². The molecule has 0 aliphatic heterocycles. The van der Waals surface area contributed by atoms with Crippen LogP contribution in [-0.4, -0.2) is 4.98 Å². The Kier molecular flexibility index (Phi) is 3.56. The normalized spacial score (nSPS) is 12.9. The molecule has 0 aliphatic carbocycles. The van der Waals surface area contributed by atoms with Gasteiger partial charge in [0.2, 0.25) is 0 Å². The third kappa shape index (κ3) is 2.35. The number of para-hydroxylation sites is 1. The van der Waals surface area contributed by atoms with Gasteiger partial charge in [-0.2, -0.15) is 0 Å². The fourth-order valence-corrected chi connectivity index (χ4v) is 3.31. The van der Waals surface area contributed by atoms with Crippen LogP contribution in [0, 0.1) is 13.8 Å². The lowest BCUT2D eigenvalue weighted by Crippen LogP contribution is -2.29. The topological polar surface area (TPSA) is 64.1 Å². The molecule has 0 fully saturated rings. The highest BCUT2D eigenvalue weighted by Crippen LogP contribution is 2.29. The molecule has 0 saturated carbocycles. The van der Waals surface area contributed by atoms with Crippen LogP contribution in [0.3, 0.4) is 0 Å². The smallest absolute Gasteiger partial charge is 0.134 e. The van der Waals surface area contributed by atoms with E-state index >= 15 is 0 Å². The lowest BCUT2D eigenvalue weighted by molar-refractivity contribution is 0.535. The largest absolute Gasteiger partial charge is 0.464 e. The first kappa shape index (κ1) is 13.3. The third-order valence-electron chi connectivity index (χ3n) is 3.54. The molecule has 0 aliphatic rings. The minimum atomic E-state index is 0.00333. The molecule has 3 aromatic rings. The molecule has 20 heavy (non-hydrogen) atoms. The summed E-state index contributed by atoms with van der Waals surface area (Å²) in [5, 5.41) is 2.19. The number of nitrogens with one attached hydrogen (secondary N) is 1. The summed E-state index contributed by atoms with van der Waals surface area (Å²) in [6, 6.07) is 7.99. The van der Waals surface area contributed by atoms with Crippen molar-refractivity contribution in [2.75, 3.05) is 0 Å². The molecule has 3 rings (SSSR count). The summed E-state index contributed by atoms with van der Waals surface area (Å²) in [6.45, 7) is 4.13. The van der Waals surface area contributed by atoms with E-state index in [1.807, 2.05) is 25.1 Å². The zero-order valence-electron chi connectivity index (χ0n) is 11.5. The van der Waals surface area contributed by atoms with Gasteiger partial charge in [0.25, 0.3) is 0 Å². The minimum absolute atomic E-state index is 0.00333. The van der Waals surface area contributed by atoms with Crippen LogP contribution in [0.4, 0.5) is 0 Å². The van der Waals surface area contributed by atoms with E-state index in [0.717, 1.165) is 33.7 Å². The molecule has 1 atom stereocenters. The van der Waals surface area contributed by atoms with Gasteiger partial charge in [-0.05, 0) is 19.9 Å². The molecule has 3 N–H and O–H groups in total. The number of hydrogen-bond acceptors (Lipinski definition) is 5. The summed E-state index contributed by atoms with van der Waals surface area (Å²) < 4.78 is 5.59. The van der Waals surface area contributed by atoms with Crippen molar-refractivity contribution in [3.05, 3.63) is 51.7 Å². The van der Waals surface area contributed by atoms with E-state index in [4.69, 9.17) is 10.3 Å². The summed E-state index contributed by atoms with van der Waals surface area (Å²) in [5.74, 6) is 5.73. The van der Waals surface area contributed by atoms with Crippen LogP contribution < -0.4 is 11.3 Å². The van der Waals surface area contributed by atoms with Gasteiger partial charge in [0.15, 0.2) is 0 Å². The van der Waals surface area contributed by atoms with Crippen molar-refractivity contribution in [1.29, 1.82) is 0 Å². The number of nitrogens with two attached hydrogens (primary N) is 1. The monoisotopic (exact) mass is 287 g/mol. The molecule has 5 heteroatoms. The van der Waals surface area contributed by atoms with Crippen LogP contribution >= 0.6 is 11.3 Å². The number of fused-ring (bicyclic) bond motifs is 1. The maximum atomic E-state index is 5.73. The predicted molar refractivity (Wildman–Crippen MR) is 81.6 cm³/mol. The van der Waals surface area contributed by atoms with E-state index < -0.39 is 0 Å². The average molecular weight is 287 g/mol. The maximum Gasteiger partial charge on any atom is 0.134 e. The van der Waals surface area contributed by atoms with Gasteiger partial charge in [0.05, 0.1) is 23.0 Å². The number of nitrogens with zero attached hydrogens (tertiary/aromatic N) is 1. The molecule has 0 radical (unpaired) electrons. The average Bonchev–Trinajstić information content (AvgIpc) is 3.00. The van der Waals surface area contributed by atoms with Crippen molar-refractivity contribution >= 4 is 22.3 Å². The number of furan rings is 1. The Bertz CT molecular complexity index is 712. The second-order valence-electron chi connectivity index (χ2n) is 4.86. The summed E-state index contributed by atoms with van der Waals surface area (Å²) in [6.07, 6.45) is 2.54. The van der Waals surface area contributed by atoms with Crippen molar-refractivity contribution in [3.8, 4) is 0 Å². The van der Waals surface area contributed by atoms with Gasteiger partial charge < -0.3 is 4.42 Å². The van der Waals surface area contributed by atoms with Crippen molar-refractivity contribution < 1.29 is 4.42 Å². The molecule has 0 spiro atoms. The molecule has 0 amide bonds. The van der Waals surface area contributed by atoms with Crippen LogP contribution in [-0.2, 0) is 6.42 Å². The van der Waals surface area contributed by atoms with Crippen molar-refractivity contribution in [2.45, 2.75) is 26.3 Å². The van der Waals surface area contributed by atoms with Crippen LogP contribution in [0.1, 0.15) is 27.2 Å². The zero-order valence-corrected chi connectivity index (χ0v) is 12.3.